The third-order valence-electron chi connectivity index (χ3n) is 6.66. The number of aliphatic imine (C=N–C) groups is 1. The zero-order chi connectivity index (χ0) is 25.4. The topological polar surface area (TPSA) is 37.6 Å². The van der Waals surface area contributed by atoms with E-state index in [4.69, 9.17) is 4.99 Å². The van der Waals surface area contributed by atoms with Gasteiger partial charge in [0.15, 0.2) is 5.17 Å². The van der Waals surface area contributed by atoms with E-state index in [-0.39, 0.29) is 11.7 Å². The summed E-state index contributed by atoms with van der Waals surface area (Å²) in [5.74, 6) is -0.267. The standard InChI is InChI=1S/C30H28FN3OS/c1-5-33-29(35)27(36-30(33)32-28-19(2)9-8-10-20(28)3)17-25-21(4)34(26-12-7-6-11-24(25)26)18-22-13-15-23(31)16-14-22/h6-17H,5,18H2,1-4H3/b27-17+,32-30?. The minimum absolute atomic E-state index is 0.0257. The van der Waals surface area contributed by atoms with E-state index in [0.29, 0.717) is 23.2 Å². The van der Waals surface area contributed by atoms with Crippen molar-refractivity contribution in [2.75, 3.05) is 6.54 Å². The van der Waals surface area contributed by atoms with Crippen LogP contribution in [0.1, 0.15) is 34.9 Å². The summed E-state index contributed by atoms with van der Waals surface area (Å²) in [6.45, 7) is 9.31. The second-order valence-electron chi connectivity index (χ2n) is 9.02. The predicted octanol–water partition coefficient (Wildman–Crippen LogP) is 7.38. The summed E-state index contributed by atoms with van der Waals surface area (Å²) in [6.07, 6.45) is 2.00. The zero-order valence-electron chi connectivity index (χ0n) is 20.9. The molecule has 0 N–H and O–H groups in total. The number of halogens is 1. The van der Waals surface area contributed by atoms with Gasteiger partial charge in [0.2, 0.25) is 0 Å². The minimum atomic E-state index is -0.242. The van der Waals surface area contributed by atoms with E-state index in [1.54, 1.807) is 4.90 Å². The highest BCUT2D eigenvalue weighted by molar-refractivity contribution is 8.18. The average Bonchev–Trinajstić information content (AvgIpc) is 3.31. The number of fused-ring (bicyclic) bond motifs is 1. The number of rotatable bonds is 5. The first-order chi connectivity index (χ1) is 17.4. The molecule has 0 spiro atoms. The Bertz CT molecular complexity index is 1510. The molecule has 1 saturated heterocycles. The number of carbonyl (C=O) groups is 1. The van der Waals surface area contributed by atoms with Gasteiger partial charge in [-0.25, -0.2) is 9.38 Å². The van der Waals surface area contributed by atoms with Gasteiger partial charge in [-0.1, -0.05) is 48.5 Å². The molecule has 5 rings (SSSR count). The van der Waals surface area contributed by atoms with Crippen molar-refractivity contribution >= 4 is 45.5 Å². The number of thioether (sulfide) groups is 1. The molecule has 1 aliphatic heterocycles. The van der Waals surface area contributed by atoms with Crippen LogP contribution in [0.2, 0.25) is 0 Å². The lowest BCUT2D eigenvalue weighted by atomic mass is 10.1. The summed E-state index contributed by atoms with van der Waals surface area (Å²) in [4.78, 5) is 20.7. The molecular weight excluding hydrogens is 469 g/mol. The third kappa shape index (κ3) is 4.37. The molecule has 1 aromatic heterocycles. The van der Waals surface area contributed by atoms with Crippen molar-refractivity contribution in [3.63, 3.8) is 0 Å². The van der Waals surface area contributed by atoms with Crippen molar-refractivity contribution in [3.05, 3.63) is 105 Å². The van der Waals surface area contributed by atoms with Crippen molar-refractivity contribution in [3.8, 4) is 0 Å². The summed E-state index contributed by atoms with van der Waals surface area (Å²) in [7, 11) is 0. The Kier molecular flexibility index (Phi) is 6.54. The van der Waals surface area contributed by atoms with Crippen molar-refractivity contribution in [1.29, 1.82) is 0 Å². The first kappa shape index (κ1) is 24.1. The number of aromatic nitrogens is 1. The molecule has 3 aromatic carbocycles. The van der Waals surface area contributed by atoms with E-state index < -0.39 is 0 Å². The molecule has 0 aliphatic carbocycles. The Hall–Kier alpha value is -3.64. The summed E-state index contributed by atoms with van der Waals surface area (Å²) in [6, 6.07) is 20.9. The number of carbonyl (C=O) groups excluding carboxylic acids is 1. The summed E-state index contributed by atoms with van der Waals surface area (Å²) >= 11 is 1.43. The number of hydrogen-bond acceptors (Lipinski definition) is 3. The van der Waals surface area contributed by atoms with E-state index in [1.165, 1.54) is 23.9 Å². The Labute approximate surface area is 215 Å². The Balaban J connectivity index is 1.57. The maximum atomic E-state index is 13.4. The van der Waals surface area contributed by atoms with Gasteiger partial charge in [-0.3, -0.25) is 9.69 Å². The van der Waals surface area contributed by atoms with Gasteiger partial charge in [-0.2, -0.15) is 0 Å². The minimum Gasteiger partial charge on any atom is -0.340 e. The van der Waals surface area contributed by atoms with Gasteiger partial charge in [-0.05, 0) is 80.4 Å². The molecule has 1 aliphatic rings. The van der Waals surface area contributed by atoms with Crippen molar-refractivity contribution < 1.29 is 9.18 Å². The quantitative estimate of drug-likeness (QED) is 0.270. The van der Waals surface area contributed by atoms with E-state index in [2.05, 4.69) is 23.6 Å². The number of benzene rings is 3. The maximum Gasteiger partial charge on any atom is 0.266 e. The van der Waals surface area contributed by atoms with E-state index in [0.717, 1.165) is 44.5 Å². The highest BCUT2D eigenvalue weighted by Crippen LogP contribution is 2.37. The number of aryl methyl sites for hydroxylation is 2. The van der Waals surface area contributed by atoms with Gasteiger partial charge in [-0.15, -0.1) is 0 Å². The molecule has 0 bridgehead atoms. The summed E-state index contributed by atoms with van der Waals surface area (Å²) < 4.78 is 15.7. The average molecular weight is 498 g/mol. The van der Waals surface area contributed by atoms with Crippen LogP contribution >= 0.6 is 11.8 Å². The fourth-order valence-corrected chi connectivity index (χ4v) is 5.73. The lowest BCUT2D eigenvalue weighted by molar-refractivity contribution is -0.122. The Morgan fingerprint density at radius 2 is 1.64 bits per heavy atom. The lowest BCUT2D eigenvalue weighted by Gasteiger charge is -2.13. The van der Waals surface area contributed by atoms with Crippen LogP contribution in [-0.4, -0.2) is 27.1 Å². The van der Waals surface area contributed by atoms with Crippen molar-refractivity contribution in [2.45, 2.75) is 34.2 Å². The van der Waals surface area contributed by atoms with E-state index >= 15 is 0 Å². The van der Waals surface area contributed by atoms with Gasteiger partial charge in [0.1, 0.15) is 5.82 Å². The van der Waals surface area contributed by atoms with Gasteiger partial charge in [0.25, 0.3) is 5.91 Å². The van der Waals surface area contributed by atoms with Crippen LogP contribution in [0.4, 0.5) is 10.1 Å². The Morgan fingerprint density at radius 3 is 2.33 bits per heavy atom. The number of likely N-dealkylation sites (N-methyl/N-ethyl adjacent to an activating group) is 1. The summed E-state index contributed by atoms with van der Waals surface area (Å²) in [5, 5.41) is 1.79. The van der Waals surface area contributed by atoms with Crippen LogP contribution in [0.15, 0.2) is 76.6 Å². The second-order valence-corrected chi connectivity index (χ2v) is 10.0. The monoisotopic (exact) mass is 497 g/mol. The molecule has 4 nitrogen and oxygen atoms in total. The molecular formula is C30H28FN3OS. The number of hydrogen-bond donors (Lipinski definition) is 0. The molecule has 182 valence electrons. The normalized spacial score (nSPS) is 16.1. The fraction of sp³-hybridized carbons (Fsp3) is 0.200. The van der Waals surface area contributed by atoms with Gasteiger partial charge >= 0.3 is 0 Å². The van der Waals surface area contributed by atoms with Crippen LogP contribution in [0, 0.1) is 26.6 Å². The largest absolute Gasteiger partial charge is 0.340 e. The van der Waals surface area contributed by atoms with Crippen LogP contribution in [-0.2, 0) is 11.3 Å². The zero-order valence-corrected chi connectivity index (χ0v) is 21.7. The van der Waals surface area contributed by atoms with Crippen LogP contribution < -0.4 is 0 Å². The number of para-hydroxylation sites is 2. The molecule has 6 heteroatoms. The predicted molar refractivity (Wildman–Crippen MR) is 148 cm³/mol. The van der Waals surface area contributed by atoms with Crippen LogP contribution in [0.5, 0.6) is 0 Å². The van der Waals surface area contributed by atoms with Crippen LogP contribution in [0.25, 0.3) is 17.0 Å². The highest BCUT2D eigenvalue weighted by atomic mass is 32.2. The molecule has 1 fully saturated rings. The SMILES string of the molecule is CCN1C(=O)/C(=C\c2c(C)n(Cc3ccc(F)cc3)c3ccccc23)SC1=Nc1c(C)cccc1C. The van der Waals surface area contributed by atoms with Crippen molar-refractivity contribution in [1.82, 2.24) is 9.47 Å². The summed E-state index contributed by atoms with van der Waals surface area (Å²) in [5.41, 5.74) is 7.27. The molecule has 0 atom stereocenters. The number of nitrogens with zero attached hydrogens (tertiary/aromatic N) is 3. The van der Waals surface area contributed by atoms with Gasteiger partial charge < -0.3 is 4.57 Å². The smallest absolute Gasteiger partial charge is 0.266 e. The van der Waals surface area contributed by atoms with Gasteiger partial charge in [0.05, 0.1) is 10.6 Å². The van der Waals surface area contributed by atoms with Crippen LogP contribution in [0.3, 0.4) is 0 Å². The number of amides is 1. The highest BCUT2D eigenvalue weighted by Gasteiger charge is 2.33. The second kappa shape index (κ2) is 9.78. The molecule has 36 heavy (non-hydrogen) atoms. The molecule has 4 aromatic rings. The third-order valence-corrected chi connectivity index (χ3v) is 7.67. The molecule has 0 unspecified atom stereocenters. The van der Waals surface area contributed by atoms with Crippen molar-refractivity contribution in [2.24, 2.45) is 4.99 Å². The lowest BCUT2D eigenvalue weighted by Crippen LogP contribution is -2.28. The Morgan fingerprint density at radius 1 is 0.944 bits per heavy atom. The maximum absolute atomic E-state index is 13.4. The first-order valence-electron chi connectivity index (χ1n) is 12.1. The van der Waals surface area contributed by atoms with E-state index in [1.807, 2.05) is 69.3 Å². The van der Waals surface area contributed by atoms with Gasteiger partial charge in [0, 0.05) is 35.2 Å². The molecule has 0 radical (unpaired) electrons. The molecule has 2 heterocycles. The first-order valence-corrected chi connectivity index (χ1v) is 12.9. The molecule has 0 saturated carbocycles. The van der Waals surface area contributed by atoms with E-state index in [9.17, 15) is 9.18 Å². The fourth-order valence-electron chi connectivity index (χ4n) is 4.70. The number of amidine groups is 1. The molecule has 1 amide bonds.